The van der Waals surface area contributed by atoms with Crippen LogP contribution in [0, 0.1) is 0 Å². The molecule has 158 valence electrons. The Morgan fingerprint density at radius 1 is 1.23 bits per heavy atom. The molecule has 2 aromatic carbocycles. The molecule has 3 aromatic rings. The van der Waals surface area contributed by atoms with E-state index < -0.39 is 0 Å². The molecule has 2 N–H and O–H groups in total. The van der Waals surface area contributed by atoms with Crippen molar-refractivity contribution in [2.45, 2.75) is 32.1 Å². The predicted molar refractivity (Wildman–Crippen MR) is 116 cm³/mol. The van der Waals surface area contributed by atoms with Crippen molar-refractivity contribution < 1.29 is 19.0 Å². The van der Waals surface area contributed by atoms with E-state index in [2.05, 4.69) is 35.4 Å². The molecule has 2 heterocycles. The number of rotatable bonds is 9. The number of ether oxygens (including phenoxy) is 3. The highest BCUT2D eigenvalue weighted by Crippen LogP contribution is 2.39. The van der Waals surface area contributed by atoms with Gasteiger partial charge in [0.1, 0.15) is 0 Å². The molecule has 1 amide bonds. The fourth-order valence-electron chi connectivity index (χ4n) is 4.06. The van der Waals surface area contributed by atoms with E-state index in [1.54, 1.807) is 7.11 Å². The van der Waals surface area contributed by atoms with E-state index in [9.17, 15) is 4.79 Å². The number of fused-ring (bicyclic) bond motifs is 2. The van der Waals surface area contributed by atoms with E-state index in [-0.39, 0.29) is 18.6 Å². The van der Waals surface area contributed by atoms with Crippen molar-refractivity contribution >= 4 is 16.8 Å². The first-order valence-corrected chi connectivity index (χ1v) is 10.4. The first-order valence-electron chi connectivity index (χ1n) is 10.4. The topological polar surface area (TPSA) is 72.6 Å². The summed E-state index contributed by atoms with van der Waals surface area (Å²) in [6, 6.07) is 12.3. The molecule has 1 aliphatic heterocycles. The number of amides is 1. The standard InChI is InChI=1S/C24H28N2O4/c1-3-16-6-4-7-18-20(14-26-24(16)18)19(13-23(27)25-10-5-11-28-2)17-8-9-21-22(12-17)30-15-29-21/h4,6-9,12,14,19,26H,3,5,10-11,13,15H2,1-2H3,(H,25,27). The van der Waals surface area contributed by atoms with E-state index in [1.807, 2.05) is 24.4 Å². The molecular weight excluding hydrogens is 380 g/mol. The maximum Gasteiger partial charge on any atom is 0.231 e. The van der Waals surface area contributed by atoms with Crippen LogP contribution in [0.1, 0.15) is 42.4 Å². The molecule has 1 atom stereocenters. The van der Waals surface area contributed by atoms with Crippen molar-refractivity contribution in [1.82, 2.24) is 10.3 Å². The Bertz CT molecular complexity index is 1030. The van der Waals surface area contributed by atoms with Crippen molar-refractivity contribution in [2.24, 2.45) is 0 Å². The molecule has 1 aromatic heterocycles. The minimum Gasteiger partial charge on any atom is -0.454 e. The van der Waals surface area contributed by atoms with Crippen LogP contribution < -0.4 is 14.8 Å². The van der Waals surface area contributed by atoms with Gasteiger partial charge in [-0.1, -0.05) is 31.2 Å². The van der Waals surface area contributed by atoms with Gasteiger partial charge in [0.25, 0.3) is 0 Å². The lowest BCUT2D eigenvalue weighted by Gasteiger charge is -2.18. The molecule has 4 rings (SSSR count). The van der Waals surface area contributed by atoms with Gasteiger partial charge in [-0.2, -0.15) is 0 Å². The zero-order valence-corrected chi connectivity index (χ0v) is 17.5. The van der Waals surface area contributed by atoms with E-state index in [4.69, 9.17) is 14.2 Å². The first-order chi connectivity index (χ1) is 14.7. The minimum atomic E-state index is -0.0946. The number of hydrogen-bond donors (Lipinski definition) is 2. The maximum absolute atomic E-state index is 12.8. The summed E-state index contributed by atoms with van der Waals surface area (Å²) in [5, 5.41) is 4.17. The molecule has 0 saturated heterocycles. The Balaban J connectivity index is 1.66. The number of carbonyl (C=O) groups excluding carboxylic acids is 1. The summed E-state index contributed by atoms with van der Waals surface area (Å²) < 4.78 is 16.1. The Morgan fingerprint density at radius 2 is 2.10 bits per heavy atom. The molecule has 0 fully saturated rings. The third-order valence-corrected chi connectivity index (χ3v) is 5.63. The molecule has 6 heteroatoms. The van der Waals surface area contributed by atoms with Crippen molar-refractivity contribution in [3.63, 3.8) is 0 Å². The highest BCUT2D eigenvalue weighted by Gasteiger charge is 2.24. The lowest BCUT2D eigenvalue weighted by molar-refractivity contribution is -0.121. The zero-order valence-electron chi connectivity index (χ0n) is 17.5. The number of benzene rings is 2. The summed E-state index contributed by atoms with van der Waals surface area (Å²) in [5.74, 6) is 1.40. The van der Waals surface area contributed by atoms with Crippen molar-refractivity contribution in [1.29, 1.82) is 0 Å². The lowest BCUT2D eigenvalue weighted by atomic mass is 9.87. The molecule has 6 nitrogen and oxygen atoms in total. The number of methoxy groups -OCH3 is 1. The lowest BCUT2D eigenvalue weighted by Crippen LogP contribution is -2.27. The Hall–Kier alpha value is -2.99. The number of para-hydroxylation sites is 1. The van der Waals surface area contributed by atoms with Gasteiger partial charge in [0.05, 0.1) is 0 Å². The zero-order chi connectivity index (χ0) is 20.9. The SMILES string of the molecule is CCc1cccc2c(C(CC(=O)NCCCOC)c3ccc4c(c3)OCO4)c[nH]c12. The largest absolute Gasteiger partial charge is 0.454 e. The van der Waals surface area contributed by atoms with Crippen LogP contribution in [0.3, 0.4) is 0 Å². The fraction of sp³-hybridized carbons (Fsp3) is 0.375. The van der Waals surface area contributed by atoms with Gasteiger partial charge in [-0.3, -0.25) is 4.79 Å². The second kappa shape index (κ2) is 9.22. The van der Waals surface area contributed by atoms with Crippen LogP contribution in [0.15, 0.2) is 42.6 Å². The smallest absolute Gasteiger partial charge is 0.231 e. The molecule has 1 unspecified atom stereocenters. The number of H-pyrrole nitrogens is 1. The number of aromatic amines is 1. The predicted octanol–water partition coefficient (Wildman–Crippen LogP) is 4.13. The molecule has 0 bridgehead atoms. The van der Waals surface area contributed by atoms with Gasteiger partial charge in [0, 0.05) is 49.7 Å². The van der Waals surface area contributed by atoms with Crippen molar-refractivity contribution in [2.75, 3.05) is 27.1 Å². The third kappa shape index (κ3) is 4.14. The molecule has 0 spiro atoms. The van der Waals surface area contributed by atoms with E-state index >= 15 is 0 Å². The average Bonchev–Trinajstić information content (AvgIpc) is 3.41. The molecule has 0 radical (unpaired) electrons. The van der Waals surface area contributed by atoms with Crippen LogP contribution in [0.4, 0.5) is 0 Å². The van der Waals surface area contributed by atoms with Crippen LogP contribution in [0.25, 0.3) is 10.9 Å². The number of aromatic nitrogens is 1. The van der Waals surface area contributed by atoms with Crippen LogP contribution in [-0.2, 0) is 16.0 Å². The van der Waals surface area contributed by atoms with E-state index in [1.165, 1.54) is 5.56 Å². The second-order valence-corrected chi connectivity index (χ2v) is 7.50. The number of carbonyl (C=O) groups is 1. The van der Waals surface area contributed by atoms with Gasteiger partial charge in [-0.05, 0) is 41.7 Å². The van der Waals surface area contributed by atoms with Gasteiger partial charge < -0.3 is 24.5 Å². The quantitative estimate of drug-likeness (QED) is 0.522. The number of aryl methyl sites for hydroxylation is 1. The van der Waals surface area contributed by atoms with Crippen LogP contribution in [0.2, 0.25) is 0 Å². The second-order valence-electron chi connectivity index (χ2n) is 7.50. The van der Waals surface area contributed by atoms with Gasteiger partial charge in [0.2, 0.25) is 12.7 Å². The summed E-state index contributed by atoms with van der Waals surface area (Å²) >= 11 is 0. The van der Waals surface area contributed by atoms with Crippen LogP contribution >= 0.6 is 0 Å². The summed E-state index contributed by atoms with van der Waals surface area (Å²) in [6.07, 6.45) is 4.14. The van der Waals surface area contributed by atoms with Crippen molar-refractivity contribution in [3.05, 3.63) is 59.3 Å². The van der Waals surface area contributed by atoms with Gasteiger partial charge in [-0.25, -0.2) is 0 Å². The monoisotopic (exact) mass is 408 g/mol. The minimum absolute atomic E-state index is 0.0229. The first kappa shape index (κ1) is 20.3. The summed E-state index contributed by atoms with van der Waals surface area (Å²) in [5.41, 5.74) is 4.56. The Morgan fingerprint density at radius 3 is 2.93 bits per heavy atom. The highest BCUT2D eigenvalue weighted by molar-refractivity contribution is 5.88. The summed E-state index contributed by atoms with van der Waals surface area (Å²) in [6.45, 7) is 3.62. The Labute approximate surface area is 176 Å². The molecule has 0 saturated carbocycles. The molecular formula is C24H28N2O4. The van der Waals surface area contributed by atoms with Crippen molar-refractivity contribution in [3.8, 4) is 11.5 Å². The summed E-state index contributed by atoms with van der Waals surface area (Å²) in [4.78, 5) is 16.2. The van der Waals surface area contributed by atoms with Crippen LogP contribution in [0.5, 0.6) is 11.5 Å². The molecule has 30 heavy (non-hydrogen) atoms. The summed E-state index contributed by atoms with van der Waals surface area (Å²) in [7, 11) is 1.67. The highest BCUT2D eigenvalue weighted by atomic mass is 16.7. The molecule has 1 aliphatic rings. The van der Waals surface area contributed by atoms with Gasteiger partial charge in [-0.15, -0.1) is 0 Å². The normalized spacial score (nSPS) is 13.5. The number of nitrogens with one attached hydrogen (secondary N) is 2. The van der Waals surface area contributed by atoms with Gasteiger partial charge in [0.15, 0.2) is 11.5 Å². The Kier molecular flexibility index (Phi) is 6.23. The average molecular weight is 408 g/mol. The third-order valence-electron chi connectivity index (χ3n) is 5.63. The fourth-order valence-corrected chi connectivity index (χ4v) is 4.06. The van der Waals surface area contributed by atoms with Gasteiger partial charge >= 0.3 is 0 Å². The van der Waals surface area contributed by atoms with E-state index in [0.29, 0.717) is 19.6 Å². The van der Waals surface area contributed by atoms with Crippen LogP contribution in [-0.4, -0.2) is 37.9 Å². The van der Waals surface area contributed by atoms with E-state index in [0.717, 1.165) is 46.4 Å². The maximum atomic E-state index is 12.8. The number of hydrogen-bond acceptors (Lipinski definition) is 4. The molecule has 0 aliphatic carbocycles.